The molecular weight excluding hydrogens is 364 g/mol. The molecule has 1 aliphatic heterocycles. The van der Waals surface area contributed by atoms with Crippen molar-refractivity contribution in [3.63, 3.8) is 0 Å². The molecule has 1 atom stereocenters. The Kier molecular flexibility index (Phi) is 5.30. The van der Waals surface area contributed by atoms with Crippen molar-refractivity contribution in [2.45, 2.75) is 33.1 Å². The van der Waals surface area contributed by atoms with E-state index in [9.17, 15) is 9.59 Å². The maximum atomic E-state index is 12.9. The molecule has 0 saturated carbocycles. The number of fused-ring (bicyclic) bond motifs is 1. The number of anilines is 1. The highest BCUT2D eigenvalue weighted by Crippen LogP contribution is 2.33. The van der Waals surface area contributed by atoms with Gasteiger partial charge in [0.25, 0.3) is 0 Å². The monoisotopic (exact) mass is 388 g/mol. The summed E-state index contributed by atoms with van der Waals surface area (Å²) in [7, 11) is 0. The number of aryl methyl sites for hydroxylation is 2. The largest absolute Gasteiger partial charge is 0.424 e. The standard InChI is InChI=1S/C24H24N2O3/c1-3-16-8-5-9-17(4-2)23(16)26-15-19(14-21(26)27)24(28)29-20-12-6-10-18-11-7-13-25-22(18)20/h5-13,19H,3-4,14-15H2,1-2H3/t19-/m1/s1. The van der Waals surface area contributed by atoms with Gasteiger partial charge in [0.1, 0.15) is 5.52 Å². The van der Waals surface area contributed by atoms with E-state index in [2.05, 4.69) is 31.0 Å². The minimum absolute atomic E-state index is 0.0291. The summed E-state index contributed by atoms with van der Waals surface area (Å²) in [6, 6.07) is 15.4. The lowest BCUT2D eigenvalue weighted by molar-refractivity contribution is -0.139. The van der Waals surface area contributed by atoms with E-state index in [1.54, 1.807) is 17.2 Å². The Balaban J connectivity index is 1.58. The maximum absolute atomic E-state index is 12.9. The molecule has 5 heteroatoms. The van der Waals surface area contributed by atoms with Crippen LogP contribution in [0.3, 0.4) is 0 Å². The molecule has 29 heavy (non-hydrogen) atoms. The number of rotatable bonds is 5. The molecule has 2 aromatic carbocycles. The van der Waals surface area contributed by atoms with Gasteiger partial charge < -0.3 is 9.64 Å². The Morgan fingerprint density at radius 3 is 2.48 bits per heavy atom. The van der Waals surface area contributed by atoms with E-state index in [4.69, 9.17) is 4.74 Å². The molecule has 2 heterocycles. The molecule has 0 unspecified atom stereocenters. The Morgan fingerprint density at radius 1 is 1.07 bits per heavy atom. The summed E-state index contributed by atoms with van der Waals surface area (Å²) in [6.45, 7) is 4.51. The molecule has 0 aliphatic carbocycles. The van der Waals surface area contributed by atoms with Gasteiger partial charge >= 0.3 is 5.97 Å². The molecule has 1 saturated heterocycles. The van der Waals surface area contributed by atoms with Gasteiger partial charge in [0.15, 0.2) is 5.75 Å². The lowest BCUT2D eigenvalue weighted by Crippen LogP contribution is -2.29. The molecule has 1 aliphatic rings. The van der Waals surface area contributed by atoms with Crippen molar-refractivity contribution in [3.05, 3.63) is 65.9 Å². The van der Waals surface area contributed by atoms with Crippen molar-refractivity contribution in [1.82, 2.24) is 4.98 Å². The number of carbonyl (C=O) groups excluding carboxylic acids is 2. The van der Waals surface area contributed by atoms with Gasteiger partial charge in [0, 0.05) is 30.2 Å². The molecule has 0 spiro atoms. The molecule has 1 fully saturated rings. The zero-order valence-electron chi connectivity index (χ0n) is 16.7. The number of aromatic nitrogens is 1. The van der Waals surface area contributed by atoms with E-state index in [0.29, 0.717) is 17.8 Å². The third-order valence-electron chi connectivity index (χ3n) is 5.50. The van der Waals surface area contributed by atoms with Gasteiger partial charge in [-0.3, -0.25) is 14.6 Å². The molecule has 3 aromatic rings. The minimum Gasteiger partial charge on any atom is -0.424 e. The SMILES string of the molecule is CCc1cccc(CC)c1N1C[C@H](C(=O)Oc2cccc3cccnc23)CC1=O. The summed E-state index contributed by atoms with van der Waals surface area (Å²) in [5.41, 5.74) is 3.87. The van der Waals surface area contributed by atoms with Crippen molar-refractivity contribution in [2.75, 3.05) is 11.4 Å². The van der Waals surface area contributed by atoms with Crippen LogP contribution in [0.4, 0.5) is 5.69 Å². The van der Waals surface area contributed by atoms with Crippen molar-refractivity contribution in [3.8, 4) is 5.75 Å². The van der Waals surface area contributed by atoms with Crippen LogP contribution in [0.5, 0.6) is 5.75 Å². The summed E-state index contributed by atoms with van der Waals surface area (Å²) in [5.74, 6) is -0.470. The van der Waals surface area contributed by atoms with Crippen molar-refractivity contribution in [1.29, 1.82) is 0 Å². The van der Waals surface area contributed by atoms with Gasteiger partial charge in [0.2, 0.25) is 5.91 Å². The summed E-state index contributed by atoms with van der Waals surface area (Å²) < 4.78 is 5.68. The van der Waals surface area contributed by atoms with Gasteiger partial charge in [-0.25, -0.2) is 0 Å². The number of esters is 1. The zero-order valence-corrected chi connectivity index (χ0v) is 16.7. The average molecular weight is 388 g/mol. The highest BCUT2D eigenvalue weighted by atomic mass is 16.5. The molecule has 1 aromatic heterocycles. The number of nitrogens with zero attached hydrogens (tertiary/aromatic N) is 2. The van der Waals surface area contributed by atoms with E-state index < -0.39 is 5.92 Å². The third kappa shape index (κ3) is 3.60. The first-order valence-corrected chi connectivity index (χ1v) is 10.1. The highest BCUT2D eigenvalue weighted by molar-refractivity contribution is 6.01. The fourth-order valence-electron chi connectivity index (χ4n) is 3.99. The zero-order chi connectivity index (χ0) is 20.4. The van der Waals surface area contributed by atoms with Crippen LogP contribution in [0.1, 0.15) is 31.4 Å². The molecule has 0 radical (unpaired) electrons. The fraction of sp³-hybridized carbons (Fsp3) is 0.292. The van der Waals surface area contributed by atoms with Crippen LogP contribution < -0.4 is 9.64 Å². The lowest BCUT2D eigenvalue weighted by Gasteiger charge is -2.23. The van der Waals surface area contributed by atoms with Crippen molar-refractivity contribution in [2.24, 2.45) is 5.92 Å². The summed E-state index contributed by atoms with van der Waals surface area (Å²) in [5, 5.41) is 0.909. The maximum Gasteiger partial charge on any atom is 0.316 e. The Labute approximate surface area is 170 Å². The first-order valence-electron chi connectivity index (χ1n) is 10.1. The smallest absolute Gasteiger partial charge is 0.316 e. The quantitative estimate of drug-likeness (QED) is 0.482. The van der Waals surface area contributed by atoms with Gasteiger partial charge in [-0.2, -0.15) is 0 Å². The van der Waals surface area contributed by atoms with Crippen molar-refractivity contribution < 1.29 is 14.3 Å². The van der Waals surface area contributed by atoms with Crippen LogP contribution in [0, 0.1) is 5.92 Å². The van der Waals surface area contributed by atoms with Crippen LogP contribution >= 0.6 is 0 Å². The number of carbonyl (C=O) groups is 2. The van der Waals surface area contributed by atoms with Gasteiger partial charge in [-0.1, -0.05) is 50.2 Å². The summed E-state index contributed by atoms with van der Waals surface area (Å²) in [4.78, 5) is 31.8. The Bertz CT molecular complexity index is 1050. The predicted octanol–water partition coefficient (Wildman–Crippen LogP) is 4.32. The molecule has 0 bridgehead atoms. The van der Waals surface area contributed by atoms with E-state index in [0.717, 1.165) is 35.0 Å². The van der Waals surface area contributed by atoms with Gasteiger partial charge in [-0.15, -0.1) is 0 Å². The number of hydrogen-bond donors (Lipinski definition) is 0. The second-order valence-corrected chi connectivity index (χ2v) is 7.29. The van der Waals surface area contributed by atoms with Crippen molar-refractivity contribution >= 4 is 28.5 Å². The molecular formula is C24H24N2O3. The summed E-state index contributed by atoms with van der Waals surface area (Å²) in [6.07, 6.45) is 3.51. The first kappa shape index (κ1) is 19.1. The van der Waals surface area contributed by atoms with E-state index in [1.807, 2.05) is 30.3 Å². The highest BCUT2D eigenvalue weighted by Gasteiger charge is 2.38. The average Bonchev–Trinajstić information content (AvgIpc) is 3.14. The molecule has 0 N–H and O–H groups in total. The van der Waals surface area contributed by atoms with Gasteiger partial charge in [0.05, 0.1) is 5.92 Å². The number of para-hydroxylation sites is 2. The topological polar surface area (TPSA) is 59.5 Å². The van der Waals surface area contributed by atoms with E-state index in [1.165, 1.54) is 0 Å². The minimum atomic E-state index is -0.490. The van der Waals surface area contributed by atoms with Crippen LogP contribution in [-0.2, 0) is 22.4 Å². The second-order valence-electron chi connectivity index (χ2n) is 7.29. The van der Waals surface area contributed by atoms with Crippen LogP contribution in [-0.4, -0.2) is 23.4 Å². The normalized spacial score (nSPS) is 16.4. The number of pyridine rings is 1. The number of ether oxygens (including phenoxy) is 1. The third-order valence-corrected chi connectivity index (χ3v) is 5.50. The molecule has 5 nitrogen and oxygen atoms in total. The number of amides is 1. The first-order chi connectivity index (χ1) is 14.1. The predicted molar refractivity (Wildman–Crippen MR) is 113 cm³/mol. The second kappa shape index (κ2) is 8.03. The molecule has 148 valence electrons. The Morgan fingerprint density at radius 2 is 1.76 bits per heavy atom. The fourth-order valence-corrected chi connectivity index (χ4v) is 3.99. The number of benzene rings is 2. The lowest BCUT2D eigenvalue weighted by atomic mass is 10.0. The Hall–Kier alpha value is -3.21. The molecule has 4 rings (SSSR count). The summed E-state index contributed by atoms with van der Waals surface area (Å²) >= 11 is 0. The van der Waals surface area contributed by atoms with Gasteiger partial charge in [-0.05, 0) is 36.1 Å². The van der Waals surface area contributed by atoms with Crippen LogP contribution in [0.2, 0.25) is 0 Å². The molecule has 1 amide bonds. The number of hydrogen-bond acceptors (Lipinski definition) is 4. The van der Waals surface area contributed by atoms with Crippen LogP contribution in [0.25, 0.3) is 10.9 Å². The van der Waals surface area contributed by atoms with E-state index in [-0.39, 0.29) is 18.3 Å². The van der Waals surface area contributed by atoms with E-state index >= 15 is 0 Å². The van der Waals surface area contributed by atoms with Crippen LogP contribution in [0.15, 0.2) is 54.7 Å².